The van der Waals surface area contributed by atoms with Gasteiger partial charge in [-0.1, -0.05) is 45.0 Å². The van der Waals surface area contributed by atoms with Crippen LogP contribution in [0.3, 0.4) is 0 Å². The number of imide groups is 1. The molecule has 2 aromatic carbocycles. The molecule has 164 valence electrons. The summed E-state index contributed by atoms with van der Waals surface area (Å²) in [6.45, 7) is 7.43. The van der Waals surface area contributed by atoms with Crippen molar-refractivity contribution in [1.29, 1.82) is 0 Å². The van der Waals surface area contributed by atoms with Crippen LogP contribution in [0.5, 0.6) is 5.75 Å². The maximum Gasteiger partial charge on any atom is 0.325 e. The Morgan fingerprint density at radius 2 is 1.90 bits per heavy atom. The quantitative estimate of drug-likeness (QED) is 0.661. The molecule has 1 saturated heterocycles. The number of nitrogens with zero attached hydrogens (tertiary/aromatic N) is 1. The Kier molecular flexibility index (Phi) is 6.34. The number of benzene rings is 2. The molecular weight excluding hydrogens is 394 g/mol. The Hall–Kier alpha value is -3.35. The van der Waals surface area contributed by atoms with Gasteiger partial charge >= 0.3 is 6.03 Å². The number of hydrogen-bond acceptors (Lipinski definition) is 4. The zero-order valence-corrected chi connectivity index (χ0v) is 18.6. The van der Waals surface area contributed by atoms with E-state index in [0.717, 1.165) is 16.0 Å². The minimum absolute atomic E-state index is 0.222. The second-order valence-corrected chi connectivity index (χ2v) is 8.05. The first-order valence-corrected chi connectivity index (χ1v) is 10.4. The van der Waals surface area contributed by atoms with Crippen LogP contribution in [0.15, 0.2) is 42.5 Å². The van der Waals surface area contributed by atoms with E-state index in [-0.39, 0.29) is 12.5 Å². The van der Waals surface area contributed by atoms with Crippen molar-refractivity contribution < 1.29 is 19.1 Å². The number of hydrogen-bond donors (Lipinski definition) is 2. The van der Waals surface area contributed by atoms with E-state index in [2.05, 4.69) is 10.6 Å². The van der Waals surface area contributed by atoms with Crippen molar-refractivity contribution in [1.82, 2.24) is 10.2 Å². The van der Waals surface area contributed by atoms with Gasteiger partial charge in [-0.15, -0.1) is 0 Å². The van der Waals surface area contributed by atoms with Crippen molar-refractivity contribution in [3.8, 4) is 5.75 Å². The molecule has 31 heavy (non-hydrogen) atoms. The van der Waals surface area contributed by atoms with Crippen molar-refractivity contribution in [2.24, 2.45) is 0 Å². The maximum absolute atomic E-state index is 13.3. The van der Waals surface area contributed by atoms with Gasteiger partial charge in [0.25, 0.3) is 5.91 Å². The minimum Gasteiger partial charge on any atom is -0.496 e. The summed E-state index contributed by atoms with van der Waals surface area (Å²) >= 11 is 0. The van der Waals surface area contributed by atoms with Crippen molar-refractivity contribution in [2.45, 2.75) is 45.6 Å². The van der Waals surface area contributed by atoms with Crippen LogP contribution in [0.2, 0.25) is 0 Å². The van der Waals surface area contributed by atoms with Gasteiger partial charge in [0.05, 0.1) is 7.11 Å². The molecule has 1 fully saturated rings. The summed E-state index contributed by atoms with van der Waals surface area (Å²) in [6.07, 6.45) is 0.359. The van der Waals surface area contributed by atoms with Gasteiger partial charge in [0.1, 0.15) is 17.8 Å². The molecule has 0 saturated carbocycles. The topological polar surface area (TPSA) is 87.7 Å². The predicted molar refractivity (Wildman–Crippen MR) is 119 cm³/mol. The Balaban J connectivity index is 1.82. The number of anilines is 1. The molecule has 3 rings (SSSR count). The van der Waals surface area contributed by atoms with E-state index in [1.54, 1.807) is 19.2 Å². The van der Waals surface area contributed by atoms with Gasteiger partial charge in [0.15, 0.2) is 0 Å². The molecule has 4 amide bonds. The summed E-state index contributed by atoms with van der Waals surface area (Å²) in [5.41, 5.74) is 1.99. The van der Waals surface area contributed by atoms with Crippen LogP contribution < -0.4 is 15.4 Å². The number of rotatable bonds is 7. The van der Waals surface area contributed by atoms with Crippen molar-refractivity contribution in [3.63, 3.8) is 0 Å². The fourth-order valence-corrected chi connectivity index (χ4v) is 4.00. The van der Waals surface area contributed by atoms with Crippen LogP contribution in [-0.2, 0) is 15.1 Å². The molecule has 0 spiro atoms. The Bertz CT molecular complexity index is 1020. The Morgan fingerprint density at radius 3 is 2.52 bits per heavy atom. The van der Waals surface area contributed by atoms with Crippen LogP contribution in [0.25, 0.3) is 0 Å². The van der Waals surface area contributed by atoms with Crippen molar-refractivity contribution in [2.75, 3.05) is 19.0 Å². The predicted octanol–water partition coefficient (Wildman–Crippen LogP) is 3.92. The summed E-state index contributed by atoms with van der Waals surface area (Å²) in [5, 5.41) is 5.65. The molecule has 2 aromatic rings. The summed E-state index contributed by atoms with van der Waals surface area (Å²) in [4.78, 5) is 39.7. The van der Waals surface area contributed by atoms with Gasteiger partial charge in [0, 0.05) is 5.69 Å². The van der Waals surface area contributed by atoms with E-state index < -0.39 is 23.4 Å². The Morgan fingerprint density at radius 1 is 1.19 bits per heavy atom. The Labute approximate surface area is 182 Å². The summed E-state index contributed by atoms with van der Waals surface area (Å²) in [6, 6.07) is 12.3. The molecular formula is C24H29N3O4. The number of amides is 4. The van der Waals surface area contributed by atoms with Gasteiger partial charge in [-0.2, -0.15) is 0 Å². The van der Waals surface area contributed by atoms with Crippen LogP contribution in [0.1, 0.15) is 49.8 Å². The SMILES string of the molecule is CCC1(c2ccc(OC)c(C)c2)NC(=O)N(CC(=O)Nc2ccccc2C(C)C)C1=O. The van der Waals surface area contributed by atoms with Gasteiger partial charge in [-0.3, -0.25) is 14.5 Å². The molecule has 0 bridgehead atoms. The van der Waals surface area contributed by atoms with Crippen LogP contribution in [0.4, 0.5) is 10.5 Å². The maximum atomic E-state index is 13.3. The van der Waals surface area contributed by atoms with Crippen LogP contribution >= 0.6 is 0 Å². The van der Waals surface area contributed by atoms with E-state index >= 15 is 0 Å². The molecule has 1 aliphatic rings. The normalized spacial score (nSPS) is 18.3. The third-order valence-corrected chi connectivity index (χ3v) is 5.75. The highest BCUT2D eigenvalue weighted by molar-refractivity contribution is 6.10. The third kappa shape index (κ3) is 4.13. The molecule has 1 heterocycles. The monoisotopic (exact) mass is 423 g/mol. The number of nitrogens with one attached hydrogen (secondary N) is 2. The molecule has 0 aliphatic carbocycles. The first kappa shape index (κ1) is 22.3. The molecule has 1 atom stereocenters. The average Bonchev–Trinajstić information content (AvgIpc) is 2.99. The number of urea groups is 1. The van der Waals surface area contributed by atoms with E-state index in [1.807, 2.05) is 58.0 Å². The van der Waals surface area contributed by atoms with Crippen molar-refractivity contribution in [3.05, 3.63) is 59.2 Å². The second kappa shape index (κ2) is 8.79. The van der Waals surface area contributed by atoms with E-state index in [4.69, 9.17) is 4.74 Å². The highest BCUT2D eigenvalue weighted by Crippen LogP contribution is 2.34. The lowest BCUT2D eigenvalue weighted by atomic mass is 9.86. The molecule has 7 nitrogen and oxygen atoms in total. The first-order valence-electron chi connectivity index (χ1n) is 10.4. The third-order valence-electron chi connectivity index (χ3n) is 5.75. The highest BCUT2D eigenvalue weighted by atomic mass is 16.5. The lowest BCUT2D eigenvalue weighted by Crippen LogP contribution is -2.44. The second-order valence-electron chi connectivity index (χ2n) is 8.05. The highest BCUT2D eigenvalue weighted by Gasteiger charge is 2.51. The fraction of sp³-hybridized carbons (Fsp3) is 0.375. The van der Waals surface area contributed by atoms with E-state index in [9.17, 15) is 14.4 Å². The average molecular weight is 424 g/mol. The smallest absolute Gasteiger partial charge is 0.325 e. The van der Waals surface area contributed by atoms with Crippen LogP contribution in [-0.4, -0.2) is 36.4 Å². The molecule has 2 N–H and O–H groups in total. The standard InChI is InChI=1S/C24H29N3O4/c1-6-24(17-11-12-20(31-5)16(4)13-17)22(29)27(23(30)26-24)14-21(28)25-19-10-8-7-9-18(19)15(2)3/h7-13,15H,6,14H2,1-5H3,(H,25,28)(H,26,30). The summed E-state index contributed by atoms with van der Waals surface area (Å²) < 4.78 is 5.30. The minimum atomic E-state index is -1.20. The molecule has 7 heteroatoms. The lowest BCUT2D eigenvalue weighted by molar-refractivity contribution is -0.134. The van der Waals surface area contributed by atoms with Gasteiger partial charge in [-0.05, 0) is 54.2 Å². The van der Waals surface area contributed by atoms with E-state index in [0.29, 0.717) is 23.4 Å². The lowest BCUT2D eigenvalue weighted by Gasteiger charge is -2.26. The number of ether oxygens (including phenoxy) is 1. The molecule has 0 aromatic heterocycles. The summed E-state index contributed by atoms with van der Waals surface area (Å²) in [5.74, 6) is 0.0670. The first-order chi connectivity index (χ1) is 14.7. The molecule has 1 unspecified atom stereocenters. The number of carbonyl (C=O) groups excluding carboxylic acids is 3. The molecule has 0 radical (unpaired) electrons. The molecule has 1 aliphatic heterocycles. The zero-order valence-electron chi connectivity index (χ0n) is 18.6. The number of carbonyl (C=O) groups is 3. The van der Waals surface area contributed by atoms with Gasteiger partial charge < -0.3 is 15.4 Å². The summed E-state index contributed by atoms with van der Waals surface area (Å²) in [7, 11) is 1.58. The fourth-order valence-electron chi connectivity index (χ4n) is 4.00. The largest absolute Gasteiger partial charge is 0.496 e. The zero-order chi connectivity index (χ0) is 22.8. The van der Waals surface area contributed by atoms with Crippen LogP contribution in [0, 0.1) is 6.92 Å². The van der Waals surface area contributed by atoms with Gasteiger partial charge in [0.2, 0.25) is 5.91 Å². The number of aryl methyl sites for hydroxylation is 1. The number of methoxy groups -OCH3 is 1. The van der Waals surface area contributed by atoms with Crippen molar-refractivity contribution >= 4 is 23.5 Å². The van der Waals surface area contributed by atoms with Gasteiger partial charge in [-0.25, -0.2) is 4.79 Å². The number of para-hydroxylation sites is 1. The van der Waals surface area contributed by atoms with E-state index in [1.165, 1.54) is 0 Å².